The topological polar surface area (TPSA) is 61.2 Å². The predicted octanol–water partition coefficient (Wildman–Crippen LogP) is 3.01. The molecule has 1 aromatic heterocycles. The first-order chi connectivity index (χ1) is 9.41. The highest BCUT2D eigenvalue weighted by Gasteiger charge is 2.25. The average molecular weight is 381 g/mol. The third kappa shape index (κ3) is 6.81. The van der Waals surface area contributed by atoms with E-state index in [-0.39, 0.29) is 11.9 Å². The molecule has 0 aliphatic carbocycles. The van der Waals surface area contributed by atoms with E-state index in [1.54, 1.807) is 47.8 Å². The predicted molar refractivity (Wildman–Crippen MR) is 86.4 cm³/mol. The minimum absolute atomic E-state index is 0.0306. The second kappa shape index (κ2) is 8.74. The van der Waals surface area contributed by atoms with Crippen LogP contribution in [-0.2, 0) is 9.53 Å². The highest BCUT2D eigenvalue weighted by Crippen LogP contribution is 2.22. The van der Waals surface area contributed by atoms with E-state index in [9.17, 15) is 9.59 Å². The molecule has 0 saturated heterocycles. The van der Waals surface area contributed by atoms with Gasteiger partial charge in [-0.1, -0.05) is 37.5 Å². The van der Waals surface area contributed by atoms with Crippen LogP contribution in [0.4, 0.5) is 0 Å². The summed E-state index contributed by atoms with van der Waals surface area (Å²) in [6, 6.07) is 0. The summed E-state index contributed by atoms with van der Waals surface area (Å²) in [4.78, 5) is 26.9. The van der Waals surface area contributed by atoms with Crippen LogP contribution in [0.3, 0.4) is 0 Å². The number of rotatable bonds is 8. The fourth-order valence-electron chi connectivity index (χ4n) is 1.12. The van der Waals surface area contributed by atoms with Crippen LogP contribution >= 0.6 is 37.5 Å². The largest absolute Gasteiger partial charge is 0.464 e. The molecule has 0 amide bonds. The van der Waals surface area contributed by atoms with Crippen molar-refractivity contribution in [1.82, 2.24) is 9.55 Å². The normalized spacial score (nSPS) is 11.3. The number of carbonyl (C=O) groups is 2. The lowest BCUT2D eigenvalue weighted by Crippen LogP contribution is -2.27. The number of halogens is 1. The van der Waals surface area contributed by atoms with Gasteiger partial charge in [-0.05, 0) is 13.8 Å². The third-order valence-corrected chi connectivity index (χ3v) is 4.85. The van der Waals surface area contributed by atoms with Gasteiger partial charge >= 0.3 is 5.97 Å². The molecule has 0 bridgehead atoms. The van der Waals surface area contributed by atoms with Crippen molar-refractivity contribution in [3.63, 3.8) is 0 Å². The van der Waals surface area contributed by atoms with Gasteiger partial charge in [0.25, 0.3) is 0 Å². The summed E-state index contributed by atoms with van der Waals surface area (Å²) in [5, 5.41) is 0. The van der Waals surface area contributed by atoms with Crippen LogP contribution in [0.15, 0.2) is 18.7 Å². The van der Waals surface area contributed by atoms with Gasteiger partial charge in [0.15, 0.2) is 0 Å². The van der Waals surface area contributed by atoms with Gasteiger partial charge in [-0.2, -0.15) is 0 Å². The van der Waals surface area contributed by atoms with Crippen molar-refractivity contribution in [1.29, 1.82) is 0 Å². The summed E-state index contributed by atoms with van der Waals surface area (Å²) in [6.45, 7) is 3.87. The minimum Gasteiger partial charge on any atom is -0.464 e. The molecule has 0 unspecified atom stereocenters. The molecular weight excluding hydrogens is 364 g/mol. The Morgan fingerprint density at radius 2 is 2.05 bits per heavy atom. The third-order valence-electron chi connectivity index (χ3n) is 2.16. The van der Waals surface area contributed by atoms with E-state index < -0.39 is 4.32 Å². The van der Waals surface area contributed by atoms with Crippen molar-refractivity contribution in [3.8, 4) is 0 Å². The van der Waals surface area contributed by atoms with Crippen LogP contribution in [-0.4, -0.2) is 43.9 Å². The molecule has 0 aromatic carbocycles. The average Bonchev–Trinajstić information content (AvgIpc) is 2.89. The van der Waals surface area contributed by atoms with E-state index in [2.05, 4.69) is 20.9 Å². The van der Waals surface area contributed by atoms with Gasteiger partial charge in [-0.25, -0.2) is 4.98 Å². The van der Waals surface area contributed by atoms with Gasteiger partial charge in [-0.3, -0.25) is 14.2 Å². The molecule has 1 heterocycles. The second-order valence-electron chi connectivity index (χ2n) is 4.37. The quantitative estimate of drug-likeness (QED) is 0.299. The molecule has 0 N–H and O–H groups in total. The second-order valence-corrected chi connectivity index (χ2v) is 9.05. The maximum Gasteiger partial charge on any atom is 0.322 e. The maximum atomic E-state index is 11.6. The number of hydrogen-bond acceptors (Lipinski definition) is 6. The van der Waals surface area contributed by atoms with Crippen molar-refractivity contribution in [2.24, 2.45) is 0 Å². The molecule has 0 fully saturated rings. The minimum atomic E-state index is -0.637. The number of nitrogens with zero attached hydrogens (tertiary/aromatic N) is 2. The zero-order chi connectivity index (χ0) is 15.0. The van der Waals surface area contributed by atoms with Crippen molar-refractivity contribution in [2.45, 2.75) is 24.6 Å². The smallest absolute Gasteiger partial charge is 0.322 e. The highest BCUT2D eigenvalue weighted by atomic mass is 79.9. The van der Waals surface area contributed by atoms with Crippen molar-refractivity contribution < 1.29 is 14.3 Å². The van der Waals surface area contributed by atoms with Crippen LogP contribution in [0, 0.1) is 0 Å². The van der Waals surface area contributed by atoms with Crippen molar-refractivity contribution in [2.75, 3.05) is 18.1 Å². The van der Waals surface area contributed by atoms with Crippen LogP contribution in [0.5, 0.6) is 0 Å². The molecule has 112 valence electrons. The molecule has 1 rings (SSSR count). The lowest BCUT2D eigenvalue weighted by atomic mass is 10.2. The Bertz CT molecular complexity index is 432. The fraction of sp³-hybridized carbons (Fsp3) is 0.583. The number of hydrogen-bond donors (Lipinski definition) is 0. The zero-order valence-corrected chi connectivity index (χ0v) is 14.6. The summed E-state index contributed by atoms with van der Waals surface area (Å²) in [6.07, 6.45) is 5.19. The van der Waals surface area contributed by atoms with E-state index in [1.807, 2.05) is 0 Å². The maximum absolute atomic E-state index is 11.6. The molecule has 0 aliphatic heterocycles. The van der Waals surface area contributed by atoms with Crippen LogP contribution in [0.1, 0.15) is 25.1 Å². The molecular formula is C12H17BrN2O3S2. The van der Waals surface area contributed by atoms with Gasteiger partial charge in [0.1, 0.15) is 17.3 Å². The van der Waals surface area contributed by atoms with E-state index in [0.29, 0.717) is 18.8 Å². The summed E-state index contributed by atoms with van der Waals surface area (Å²) < 4.78 is 5.93. The van der Waals surface area contributed by atoms with Crippen LogP contribution in [0.25, 0.3) is 0 Å². The number of carbonyl (C=O) groups excluding carboxylic acids is 2. The number of ether oxygens (including phenoxy) is 1. The van der Waals surface area contributed by atoms with E-state index in [4.69, 9.17) is 4.74 Å². The van der Waals surface area contributed by atoms with E-state index >= 15 is 0 Å². The molecule has 8 heteroatoms. The first kappa shape index (κ1) is 17.6. The number of aromatic nitrogens is 2. The van der Waals surface area contributed by atoms with E-state index in [0.717, 1.165) is 5.75 Å². The Labute approximate surface area is 134 Å². The molecule has 0 radical (unpaired) electrons. The molecule has 0 saturated carbocycles. The number of esters is 1. The monoisotopic (exact) mass is 380 g/mol. The first-order valence-electron chi connectivity index (χ1n) is 6.03. The fourth-order valence-corrected chi connectivity index (χ4v) is 3.04. The van der Waals surface area contributed by atoms with Gasteiger partial charge in [0.05, 0.1) is 0 Å². The standard InChI is InChI=1S/C12H17BrN2O3S2/c1-12(2,13)11(17)18-6-8-20-19-7-3-10(16)15-5-4-14-9-15/h4-5,9H,3,6-8H2,1-2H3. The van der Waals surface area contributed by atoms with Crippen molar-refractivity contribution in [3.05, 3.63) is 18.7 Å². The Hall–Kier alpha value is -0.470. The Balaban J connectivity index is 2.00. The summed E-state index contributed by atoms with van der Waals surface area (Å²) in [5.74, 6) is 1.19. The molecule has 5 nitrogen and oxygen atoms in total. The van der Waals surface area contributed by atoms with Gasteiger partial charge in [0, 0.05) is 30.3 Å². The Kier molecular flexibility index (Phi) is 7.68. The Morgan fingerprint density at radius 1 is 1.35 bits per heavy atom. The number of alkyl halides is 1. The zero-order valence-electron chi connectivity index (χ0n) is 11.4. The van der Waals surface area contributed by atoms with Crippen molar-refractivity contribution >= 4 is 49.4 Å². The summed E-state index contributed by atoms with van der Waals surface area (Å²) in [5.41, 5.74) is 0. The summed E-state index contributed by atoms with van der Waals surface area (Å²) >= 11 is 3.24. The highest BCUT2D eigenvalue weighted by molar-refractivity contribution is 9.10. The summed E-state index contributed by atoms with van der Waals surface area (Å²) in [7, 11) is 3.19. The van der Waals surface area contributed by atoms with Crippen LogP contribution < -0.4 is 0 Å². The van der Waals surface area contributed by atoms with Gasteiger partial charge in [-0.15, -0.1) is 0 Å². The SMILES string of the molecule is CC(C)(Br)C(=O)OCCSSCCC(=O)n1ccnc1. The van der Waals surface area contributed by atoms with Gasteiger partial charge in [0.2, 0.25) is 5.91 Å². The molecule has 0 aliphatic rings. The van der Waals surface area contributed by atoms with Crippen LogP contribution in [0.2, 0.25) is 0 Å². The van der Waals surface area contributed by atoms with E-state index in [1.165, 1.54) is 10.9 Å². The van der Waals surface area contributed by atoms with Gasteiger partial charge < -0.3 is 4.74 Å². The lowest BCUT2D eigenvalue weighted by Gasteiger charge is -2.14. The molecule has 0 spiro atoms. The molecule has 1 aromatic rings. The Morgan fingerprint density at radius 3 is 2.65 bits per heavy atom. The number of imidazole rings is 1. The first-order valence-corrected chi connectivity index (χ1v) is 9.31. The lowest BCUT2D eigenvalue weighted by molar-refractivity contribution is -0.144. The molecule has 20 heavy (non-hydrogen) atoms. The molecule has 0 atom stereocenters.